The number of aromatic nitrogens is 4. The molecule has 0 amide bonds. The number of thioether (sulfide) groups is 1. The number of hydrogen-bond acceptors (Lipinski definition) is 5. The summed E-state index contributed by atoms with van der Waals surface area (Å²) in [5.74, 6) is 0.916. The lowest BCUT2D eigenvalue weighted by molar-refractivity contribution is 0.576. The monoisotopic (exact) mass is 305 g/mol. The molecule has 1 aromatic heterocycles. The average Bonchev–Trinajstić information content (AvgIpc) is 2.93. The summed E-state index contributed by atoms with van der Waals surface area (Å²) in [6, 6.07) is 9.19. The third-order valence-corrected chi connectivity index (χ3v) is 4.50. The zero-order chi connectivity index (χ0) is 15.1. The summed E-state index contributed by atoms with van der Waals surface area (Å²) in [5.41, 5.74) is 2.70. The van der Waals surface area contributed by atoms with Crippen molar-refractivity contribution in [2.75, 3.05) is 12.3 Å². The van der Waals surface area contributed by atoms with Gasteiger partial charge in [0.25, 0.3) is 0 Å². The largest absolute Gasteiger partial charge is 0.309 e. The fourth-order valence-electron chi connectivity index (χ4n) is 2.08. The molecule has 0 aliphatic rings. The first-order chi connectivity index (χ1) is 10.2. The van der Waals surface area contributed by atoms with Crippen molar-refractivity contribution in [3.63, 3.8) is 0 Å². The Kier molecular flexibility index (Phi) is 6.20. The maximum Gasteiger partial charge on any atom is 0.209 e. The van der Waals surface area contributed by atoms with Crippen LogP contribution < -0.4 is 5.32 Å². The van der Waals surface area contributed by atoms with Gasteiger partial charge in [0.05, 0.1) is 0 Å². The molecule has 0 bridgehead atoms. The molecule has 114 valence electrons. The van der Waals surface area contributed by atoms with Crippen LogP contribution in [0.2, 0.25) is 0 Å². The van der Waals surface area contributed by atoms with Gasteiger partial charge in [-0.3, -0.25) is 0 Å². The van der Waals surface area contributed by atoms with Gasteiger partial charge in [0.1, 0.15) is 0 Å². The number of benzene rings is 1. The Morgan fingerprint density at radius 1 is 1.24 bits per heavy atom. The Labute approximate surface area is 130 Å². The fourth-order valence-corrected chi connectivity index (χ4v) is 3.02. The predicted molar refractivity (Wildman–Crippen MR) is 86.4 cm³/mol. The van der Waals surface area contributed by atoms with E-state index >= 15 is 0 Å². The van der Waals surface area contributed by atoms with Gasteiger partial charge in [-0.15, -0.1) is 5.10 Å². The first kappa shape index (κ1) is 16.0. The molecule has 21 heavy (non-hydrogen) atoms. The minimum atomic E-state index is 0.317. The second-order valence-corrected chi connectivity index (χ2v) is 5.99. The summed E-state index contributed by atoms with van der Waals surface area (Å²) in [7, 11) is 1.87. The summed E-state index contributed by atoms with van der Waals surface area (Å²) in [5, 5.41) is 16.0. The molecule has 0 spiro atoms. The van der Waals surface area contributed by atoms with E-state index in [0.29, 0.717) is 6.04 Å². The van der Waals surface area contributed by atoms with Crippen molar-refractivity contribution in [2.45, 2.75) is 37.9 Å². The van der Waals surface area contributed by atoms with E-state index in [0.717, 1.165) is 30.3 Å². The van der Waals surface area contributed by atoms with Gasteiger partial charge in [-0.05, 0) is 40.9 Å². The number of tetrazole rings is 1. The van der Waals surface area contributed by atoms with Crippen molar-refractivity contribution in [3.8, 4) is 0 Å². The van der Waals surface area contributed by atoms with Gasteiger partial charge < -0.3 is 5.32 Å². The van der Waals surface area contributed by atoms with E-state index in [1.165, 1.54) is 11.1 Å². The summed E-state index contributed by atoms with van der Waals surface area (Å²) in [6.45, 7) is 5.38. The molecular weight excluding hydrogens is 282 g/mol. The standard InChI is InChI=1S/C15H23N5S/c1-4-10-16-14(11-21-15-17-18-19-20(15)3)13-8-6-12(5-2)7-9-13/h6-9,14,16H,4-5,10-11H2,1-3H3. The molecule has 1 N–H and O–H groups in total. The van der Waals surface area contributed by atoms with Crippen molar-refractivity contribution < 1.29 is 0 Å². The minimum Gasteiger partial charge on any atom is -0.309 e. The molecule has 0 saturated carbocycles. The molecule has 0 fully saturated rings. The average molecular weight is 305 g/mol. The number of rotatable bonds is 8. The van der Waals surface area contributed by atoms with Crippen molar-refractivity contribution >= 4 is 11.8 Å². The maximum atomic E-state index is 4.03. The van der Waals surface area contributed by atoms with Crippen LogP contribution in [0.25, 0.3) is 0 Å². The van der Waals surface area contributed by atoms with Crippen LogP contribution in [0.1, 0.15) is 37.4 Å². The van der Waals surface area contributed by atoms with Gasteiger partial charge in [0.2, 0.25) is 5.16 Å². The van der Waals surface area contributed by atoms with Crippen molar-refractivity contribution in [3.05, 3.63) is 35.4 Å². The Balaban J connectivity index is 2.04. The molecule has 2 aromatic rings. The summed E-state index contributed by atoms with van der Waals surface area (Å²) < 4.78 is 1.71. The minimum absolute atomic E-state index is 0.317. The van der Waals surface area contributed by atoms with Gasteiger partial charge in [0.15, 0.2) is 0 Å². The van der Waals surface area contributed by atoms with Crippen molar-refractivity contribution in [1.29, 1.82) is 0 Å². The summed E-state index contributed by atoms with van der Waals surface area (Å²) >= 11 is 1.68. The Morgan fingerprint density at radius 2 is 2.00 bits per heavy atom. The molecule has 6 heteroatoms. The molecule has 0 saturated heterocycles. The van der Waals surface area contributed by atoms with Gasteiger partial charge in [-0.1, -0.05) is 49.9 Å². The molecule has 1 aromatic carbocycles. The fraction of sp³-hybridized carbons (Fsp3) is 0.533. The van der Waals surface area contributed by atoms with Crippen LogP contribution in [0.3, 0.4) is 0 Å². The van der Waals surface area contributed by atoms with Gasteiger partial charge in [0, 0.05) is 18.8 Å². The van der Waals surface area contributed by atoms with E-state index in [2.05, 4.69) is 59.0 Å². The maximum absolute atomic E-state index is 4.03. The predicted octanol–water partition coefficient (Wildman–Crippen LogP) is 2.61. The molecule has 0 aliphatic carbocycles. The Hall–Kier alpha value is -1.40. The molecule has 0 aliphatic heterocycles. The summed E-state index contributed by atoms with van der Waals surface area (Å²) in [4.78, 5) is 0. The molecule has 0 radical (unpaired) electrons. The highest BCUT2D eigenvalue weighted by molar-refractivity contribution is 7.99. The number of hydrogen-bond donors (Lipinski definition) is 1. The Bertz CT molecular complexity index is 537. The topological polar surface area (TPSA) is 55.6 Å². The van der Waals surface area contributed by atoms with Crippen LogP contribution >= 0.6 is 11.8 Å². The summed E-state index contributed by atoms with van der Waals surface area (Å²) in [6.07, 6.45) is 2.20. The van der Waals surface area contributed by atoms with E-state index < -0.39 is 0 Å². The molecule has 1 atom stereocenters. The lowest BCUT2D eigenvalue weighted by Gasteiger charge is -2.18. The van der Waals surface area contributed by atoms with E-state index in [4.69, 9.17) is 0 Å². The second-order valence-electron chi connectivity index (χ2n) is 5.00. The third-order valence-electron chi connectivity index (χ3n) is 3.39. The zero-order valence-electron chi connectivity index (χ0n) is 12.9. The lowest BCUT2D eigenvalue weighted by atomic mass is 10.0. The normalized spacial score (nSPS) is 12.5. The molecule has 1 unspecified atom stereocenters. The van der Waals surface area contributed by atoms with Crippen LogP contribution in [0.15, 0.2) is 29.4 Å². The molecule has 1 heterocycles. The highest BCUT2D eigenvalue weighted by Crippen LogP contribution is 2.23. The van der Waals surface area contributed by atoms with Crippen LogP contribution in [-0.2, 0) is 13.5 Å². The second kappa shape index (κ2) is 8.14. The molecule has 5 nitrogen and oxygen atoms in total. The van der Waals surface area contributed by atoms with Gasteiger partial charge in [-0.2, -0.15) is 0 Å². The van der Waals surface area contributed by atoms with Gasteiger partial charge >= 0.3 is 0 Å². The zero-order valence-corrected chi connectivity index (χ0v) is 13.7. The van der Waals surface area contributed by atoms with Crippen molar-refractivity contribution in [1.82, 2.24) is 25.5 Å². The smallest absolute Gasteiger partial charge is 0.209 e. The molecule has 2 rings (SSSR count). The SMILES string of the molecule is CCCNC(CSc1nnnn1C)c1ccc(CC)cc1. The van der Waals surface area contributed by atoms with E-state index in [1.54, 1.807) is 16.4 Å². The Morgan fingerprint density at radius 3 is 2.57 bits per heavy atom. The van der Waals surface area contributed by atoms with Crippen molar-refractivity contribution in [2.24, 2.45) is 7.05 Å². The first-order valence-corrected chi connectivity index (χ1v) is 8.40. The number of aryl methyl sites for hydroxylation is 2. The number of nitrogens with zero attached hydrogens (tertiary/aromatic N) is 4. The number of nitrogens with one attached hydrogen (secondary N) is 1. The lowest BCUT2D eigenvalue weighted by Crippen LogP contribution is -2.24. The van der Waals surface area contributed by atoms with E-state index in [1.807, 2.05) is 7.05 Å². The van der Waals surface area contributed by atoms with Crippen LogP contribution in [0.4, 0.5) is 0 Å². The van der Waals surface area contributed by atoms with Crippen LogP contribution in [0, 0.1) is 0 Å². The highest BCUT2D eigenvalue weighted by Gasteiger charge is 2.13. The highest BCUT2D eigenvalue weighted by atomic mass is 32.2. The van der Waals surface area contributed by atoms with Gasteiger partial charge in [-0.25, -0.2) is 4.68 Å². The molecular formula is C15H23N5S. The van der Waals surface area contributed by atoms with E-state index in [-0.39, 0.29) is 0 Å². The first-order valence-electron chi connectivity index (χ1n) is 7.42. The third kappa shape index (κ3) is 4.54. The quantitative estimate of drug-likeness (QED) is 0.760. The van der Waals surface area contributed by atoms with E-state index in [9.17, 15) is 0 Å². The van der Waals surface area contributed by atoms with Crippen LogP contribution in [0.5, 0.6) is 0 Å². The van der Waals surface area contributed by atoms with Crippen LogP contribution in [-0.4, -0.2) is 32.5 Å².